The van der Waals surface area contributed by atoms with Gasteiger partial charge in [-0.25, -0.2) is 19.7 Å². The van der Waals surface area contributed by atoms with Gasteiger partial charge >= 0.3 is 5.97 Å². The van der Waals surface area contributed by atoms with E-state index >= 15 is 0 Å². The van der Waals surface area contributed by atoms with Crippen molar-refractivity contribution >= 4 is 84.6 Å². The fourth-order valence-corrected chi connectivity index (χ4v) is 8.57. The van der Waals surface area contributed by atoms with E-state index in [1.165, 1.54) is 48.4 Å². The van der Waals surface area contributed by atoms with Crippen LogP contribution in [-0.4, -0.2) is 65.1 Å². The Labute approximate surface area is 336 Å². The van der Waals surface area contributed by atoms with Crippen LogP contribution in [0.1, 0.15) is 30.6 Å². The molecule has 0 bridgehead atoms. The van der Waals surface area contributed by atoms with Gasteiger partial charge in [-0.15, -0.1) is 0 Å². The minimum Gasteiger partial charge on any atom is -0.508 e. The molecular formula is C39H32BrN7O7S2. The Kier molecular flexibility index (Phi) is 9.90. The number of fused-ring (bicyclic) bond motifs is 4. The first kappa shape index (κ1) is 37.0. The predicted molar refractivity (Wildman–Crippen MR) is 220 cm³/mol. The van der Waals surface area contributed by atoms with Gasteiger partial charge in [0.15, 0.2) is 44.2 Å². The lowest BCUT2D eigenvalue weighted by Gasteiger charge is -2.30. The Bertz CT molecular complexity index is 2740. The van der Waals surface area contributed by atoms with Crippen LogP contribution in [0.4, 0.5) is 11.5 Å². The van der Waals surface area contributed by atoms with Crippen molar-refractivity contribution < 1.29 is 28.9 Å². The summed E-state index contributed by atoms with van der Waals surface area (Å²) < 4.78 is 19.9. The lowest BCUT2D eigenvalue weighted by atomic mass is 9.90. The predicted octanol–water partition coefficient (Wildman–Crippen LogP) is 7.83. The highest BCUT2D eigenvalue weighted by atomic mass is 79.9. The van der Waals surface area contributed by atoms with E-state index in [-0.39, 0.29) is 41.2 Å². The average molecular weight is 855 g/mol. The van der Waals surface area contributed by atoms with Crippen molar-refractivity contribution in [1.29, 1.82) is 0 Å². The number of hydrogen-bond donors (Lipinski definition) is 4. The third-order valence-corrected chi connectivity index (χ3v) is 11.6. The summed E-state index contributed by atoms with van der Waals surface area (Å²) in [6, 6.07) is 17.7. The third kappa shape index (κ3) is 7.04. The number of phenols is 1. The summed E-state index contributed by atoms with van der Waals surface area (Å²) in [5.41, 5.74) is 9.37. The number of hydrogen-bond acceptors (Lipinski definition) is 12. The van der Waals surface area contributed by atoms with Gasteiger partial charge in [0.05, 0.1) is 5.56 Å². The first-order chi connectivity index (χ1) is 26.9. The van der Waals surface area contributed by atoms with Crippen LogP contribution < -0.4 is 26.0 Å². The van der Waals surface area contributed by atoms with E-state index < -0.39 is 5.97 Å². The second-order valence-corrected chi connectivity index (χ2v) is 15.4. The van der Waals surface area contributed by atoms with Gasteiger partial charge in [0.2, 0.25) is 6.79 Å². The molecule has 0 amide bonds. The monoisotopic (exact) mass is 853 g/mol. The van der Waals surface area contributed by atoms with E-state index in [4.69, 9.17) is 36.8 Å². The Morgan fingerprint density at radius 2 is 1.86 bits per heavy atom. The fourth-order valence-electron chi connectivity index (χ4n) is 6.64. The molecule has 1 aliphatic carbocycles. The Hall–Kier alpha value is -5.91. The number of aromatic nitrogens is 4. The van der Waals surface area contributed by atoms with Gasteiger partial charge in [0.25, 0.3) is 0 Å². The van der Waals surface area contributed by atoms with Crippen molar-refractivity contribution in [3.05, 3.63) is 93.3 Å². The van der Waals surface area contributed by atoms with Crippen molar-refractivity contribution in [3.63, 3.8) is 0 Å². The molecule has 0 radical (unpaired) electrons. The number of aromatic carboxylic acids is 1. The van der Waals surface area contributed by atoms with Crippen LogP contribution in [0.2, 0.25) is 0 Å². The van der Waals surface area contributed by atoms with Crippen LogP contribution >= 0.6 is 39.9 Å². The Morgan fingerprint density at radius 1 is 1.07 bits per heavy atom. The van der Waals surface area contributed by atoms with Crippen LogP contribution in [0.25, 0.3) is 44.6 Å². The molecule has 5 aromatic rings. The zero-order valence-corrected chi connectivity index (χ0v) is 33.0. The molecule has 0 saturated heterocycles. The maximum absolute atomic E-state index is 12.8. The number of thiocarbonyl (C=S) groups is 1. The molecule has 5 N–H and O–H groups in total. The van der Waals surface area contributed by atoms with E-state index in [9.17, 15) is 19.8 Å². The molecule has 3 aliphatic rings. The molecule has 56 heavy (non-hydrogen) atoms. The molecule has 14 nitrogen and oxygen atoms in total. The number of aryl methyl sites for hydroxylation is 1. The molecule has 3 aromatic carbocycles. The van der Waals surface area contributed by atoms with E-state index in [2.05, 4.69) is 31.2 Å². The minimum absolute atomic E-state index is 0.00253. The first-order valence-electron chi connectivity index (χ1n) is 17.3. The second kappa shape index (κ2) is 15.0. The SMILES string of the molecule is CC(C)N(CCCn1c(Sc2cc3c(cc2Br)OCO3)nc2c(N)ncnc21)C(=S)Nc1ccc(-c2c3ccc(=O)cc-3oc3cc(O)ccc23)c(C(=O)O)c1. The quantitative estimate of drug-likeness (QED) is 0.0768. The molecule has 0 atom stereocenters. The van der Waals surface area contributed by atoms with Crippen LogP contribution in [0, 0.1) is 0 Å². The molecule has 0 saturated carbocycles. The third-order valence-electron chi connectivity index (χ3n) is 9.27. The van der Waals surface area contributed by atoms with Crippen LogP contribution in [0.5, 0.6) is 17.2 Å². The van der Waals surface area contributed by atoms with Gasteiger partial charge in [-0.1, -0.05) is 17.8 Å². The summed E-state index contributed by atoms with van der Waals surface area (Å²) in [5.74, 6) is 0.668. The maximum Gasteiger partial charge on any atom is 0.336 e. The van der Waals surface area contributed by atoms with E-state index in [0.717, 1.165) is 9.37 Å². The molecule has 0 spiro atoms. The molecule has 0 fully saturated rings. The number of aromatic hydroxyl groups is 1. The number of benzene rings is 4. The van der Waals surface area contributed by atoms with Gasteiger partial charge in [-0.2, -0.15) is 0 Å². The number of anilines is 2. The van der Waals surface area contributed by atoms with Gasteiger partial charge < -0.3 is 44.6 Å². The number of halogens is 1. The molecular weight excluding hydrogens is 823 g/mol. The van der Waals surface area contributed by atoms with E-state index in [1.807, 2.05) is 35.4 Å². The lowest BCUT2D eigenvalue weighted by Crippen LogP contribution is -2.40. The lowest BCUT2D eigenvalue weighted by molar-refractivity contribution is 0.0697. The zero-order valence-electron chi connectivity index (χ0n) is 29.8. The molecule has 2 aliphatic heterocycles. The number of carboxylic acid groups (broad SMARTS) is 1. The number of rotatable bonds is 10. The largest absolute Gasteiger partial charge is 0.508 e. The molecule has 17 heteroatoms. The van der Waals surface area contributed by atoms with Gasteiger partial charge in [-0.3, -0.25) is 4.79 Å². The van der Waals surface area contributed by atoms with Crippen molar-refractivity contribution in [2.24, 2.45) is 0 Å². The highest BCUT2D eigenvalue weighted by Gasteiger charge is 2.24. The Balaban J connectivity index is 1.05. The van der Waals surface area contributed by atoms with Gasteiger partial charge in [-0.05, 0) is 103 Å². The molecule has 4 heterocycles. The summed E-state index contributed by atoms with van der Waals surface area (Å²) in [4.78, 5) is 41.4. The first-order valence-corrected chi connectivity index (χ1v) is 19.4. The summed E-state index contributed by atoms with van der Waals surface area (Å²) in [5, 5.41) is 25.5. The molecule has 284 valence electrons. The number of imidazole rings is 1. The fraction of sp³-hybridized carbons (Fsp3) is 0.179. The number of nitrogen functional groups attached to an aromatic ring is 1. The summed E-state index contributed by atoms with van der Waals surface area (Å²) in [7, 11) is 0. The van der Waals surface area contributed by atoms with Crippen LogP contribution in [0.3, 0.4) is 0 Å². The van der Waals surface area contributed by atoms with Gasteiger partial charge in [0, 0.05) is 62.8 Å². The van der Waals surface area contributed by atoms with Crippen molar-refractivity contribution in [3.8, 4) is 39.7 Å². The number of nitrogens with two attached hydrogens (primary N) is 1. The average Bonchev–Trinajstić information content (AvgIpc) is 3.76. The topological polar surface area (TPSA) is 191 Å². The number of phenolic OH excluding ortho intramolecular Hbond substituents is 1. The summed E-state index contributed by atoms with van der Waals surface area (Å²) >= 11 is 11.0. The maximum atomic E-state index is 12.8. The van der Waals surface area contributed by atoms with Crippen LogP contribution in [-0.2, 0) is 6.54 Å². The number of nitrogens with one attached hydrogen (secondary N) is 1. The standard InChI is InChI=1S/C39H32BrN7O7S2/c1-19(2)46(10-3-11-47-36-34(35(41)42-17-43-36)45-39(47)56-32-16-31-30(15-27(32)40)52-18-53-31)38(55)44-20-4-7-23(26(12-20)37(50)51)33-24-8-5-21(48)13-28(24)54-29-14-22(49)6-9-25(29)33/h4-9,12-17,19,48H,3,10-11,18H2,1-2H3,(H,44,55)(H,50,51)(H2,41,42,43). The molecule has 2 aromatic heterocycles. The second-order valence-electron chi connectivity index (χ2n) is 13.2. The minimum atomic E-state index is -1.16. The zero-order chi connectivity index (χ0) is 39.2. The smallest absolute Gasteiger partial charge is 0.336 e. The van der Waals surface area contributed by atoms with E-state index in [1.54, 1.807) is 24.3 Å². The number of ether oxygens (including phenoxy) is 2. The normalized spacial score (nSPS) is 12.2. The van der Waals surface area contributed by atoms with Crippen molar-refractivity contribution in [1.82, 2.24) is 24.4 Å². The molecule has 0 unspecified atom stereocenters. The number of carbonyl (C=O) groups is 1. The van der Waals surface area contributed by atoms with Crippen molar-refractivity contribution in [2.75, 3.05) is 24.4 Å². The molecule has 8 rings (SSSR count). The highest BCUT2D eigenvalue weighted by Crippen LogP contribution is 2.44. The summed E-state index contributed by atoms with van der Waals surface area (Å²) in [6.45, 7) is 5.29. The van der Waals surface area contributed by atoms with E-state index in [0.29, 0.717) is 85.8 Å². The number of nitrogens with zero attached hydrogens (tertiary/aromatic N) is 5. The van der Waals surface area contributed by atoms with Crippen LogP contribution in [0.15, 0.2) is 96.8 Å². The summed E-state index contributed by atoms with van der Waals surface area (Å²) in [6.07, 6.45) is 2.06. The highest BCUT2D eigenvalue weighted by molar-refractivity contribution is 9.10. The number of carboxylic acids is 1. The Morgan fingerprint density at radius 3 is 2.64 bits per heavy atom. The van der Waals surface area contributed by atoms with Crippen molar-refractivity contribution in [2.45, 2.75) is 42.9 Å². The van der Waals surface area contributed by atoms with Gasteiger partial charge in [0.1, 0.15) is 23.4 Å².